The van der Waals surface area contributed by atoms with Crippen molar-refractivity contribution in [3.05, 3.63) is 35.9 Å². The van der Waals surface area contributed by atoms with E-state index in [0.29, 0.717) is 24.2 Å². The van der Waals surface area contributed by atoms with E-state index in [2.05, 4.69) is 10.4 Å². The van der Waals surface area contributed by atoms with Crippen LogP contribution in [0.4, 0.5) is 5.82 Å². The summed E-state index contributed by atoms with van der Waals surface area (Å²) in [6.07, 6.45) is 4.88. The molecule has 132 valence electrons. The highest BCUT2D eigenvalue weighted by molar-refractivity contribution is 5.94. The summed E-state index contributed by atoms with van der Waals surface area (Å²) in [4.78, 5) is 12.7. The van der Waals surface area contributed by atoms with Crippen molar-refractivity contribution in [1.82, 2.24) is 9.78 Å². The van der Waals surface area contributed by atoms with Crippen molar-refractivity contribution in [1.29, 1.82) is 0 Å². The van der Waals surface area contributed by atoms with Crippen LogP contribution in [0.15, 0.2) is 30.3 Å². The zero-order valence-corrected chi connectivity index (χ0v) is 14.6. The minimum Gasteiger partial charge on any atom is -0.394 e. The van der Waals surface area contributed by atoms with Crippen LogP contribution in [-0.4, -0.2) is 27.4 Å². The average Bonchev–Trinajstić information content (AvgIpc) is 3.23. The number of fused-ring (bicyclic) bond motifs is 1. The minimum atomic E-state index is -0.00750. The standard InChI is InChI=1S/C20H25N3O2/c1-13-6-2-3-7-14(13)17-12-18(23(22-17)10-11-24)21-20(25)19-15-8-4-5-9-16(15)19/h2-3,6-7,12,15-16,19,24H,4-5,8-11H2,1H3,(H,21,25)/t15-,16-/m1/s1. The number of carbonyl (C=O) groups is 1. The first kappa shape index (κ1) is 16.3. The van der Waals surface area contributed by atoms with Gasteiger partial charge in [0, 0.05) is 17.5 Å². The molecule has 5 nitrogen and oxygen atoms in total. The van der Waals surface area contributed by atoms with Gasteiger partial charge in [0.05, 0.1) is 18.8 Å². The summed E-state index contributed by atoms with van der Waals surface area (Å²) >= 11 is 0. The topological polar surface area (TPSA) is 67.2 Å². The zero-order chi connectivity index (χ0) is 17.4. The second-order valence-corrected chi connectivity index (χ2v) is 7.30. The van der Waals surface area contributed by atoms with Crippen LogP contribution in [0.1, 0.15) is 31.2 Å². The van der Waals surface area contributed by atoms with Crippen molar-refractivity contribution in [3.8, 4) is 11.3 Å². The number of aryl methyl sites for hydroxylation is 1. The fraction of sp³-hybridized carbons (Fsp3) is 0.500. The summed E-state index contributed by atoms with van der Waals surface area (Å²) in [5.74, 6) is 2.13. The molecular weight excluding hydrogens is 314 g/mol. The third-order valence-electron chi connectivity index (χ3n) is 5.72. The first-order valence-corrected chi connectivity index (χ1v) is 9.24. The highest BCUT2D eigenvalue weighted by atomic mass is 16.3. The molecule has 2 atom stereocenters. The maximum absolute atomic E-state index is 12.7. The number of rotatable bonds is 5. The lowest BCUT2D eigenvalue weighted by Crippen LogP contribution is -2.19. The van der Waals surface area contributed by atoms with Crippen molar-refractivity contribution in [2.24, 2.45) is 17.8 Å². The molecule has 1 aromatic heterocycles. The molecule has 0 saturated heterocycles. The van der Waals surface area contributed by atoms with E-state index in [1.165, 1.54) is 25.7 Å². The SMILES string of the molecule is Cc1ccccc1-c1cc(NC(=O)C2[C@@H]3CCCC[C@@H]23)n(CCO)n1. The molecule has 1 amide bonds. The summed E-state index contributed by atoms with van der Waals surface area (Å²) in [5.41, 5.74) is 3.02. The lowest BCUT2D eigenvalue weighted by atomic mass is 10.0. The highest BCUT2D eigenvalue weighted by Crippen LogP contribution is 2.55. The molecule has 2 aliphatic rings. The maximum atomic E-state index is 12.7. The minimum absolute atomic E-state index is 0.00750. The molecule has 0 spiro atoms. The van der Waals surface area contributed by atoms with Gasteiger partial charge in [-0.05, 0) is 37.2 Å². The van der Waals surface area contributed by atoms with Crippen LogP contribution >= 0.6 is 0 Å². The Morgan fingerprint density at radius 1 is 1.28 bits per heavy atom. The van der Waals surface area contributed by atoms with Crippen LogP contribution in [0.2, 0.25) is 0 Å². The third-order valence-corrected chi connectivity index (χ3v) is 5.72. The first-order chi connectivity index (χ1) is 12.2. The van der Waals surface area contributed by atoms with E-state index < -0.39 is 0 Å². The van der Waals surface area contributed by atoms with Crippen LogP contribution in [0.25, 0.3) is 11.3 Å². The number of nitrogens with zero attached hydrogens (tertiary/aromatic N) is 2. The Balaban J connectivity index is 1.56. The molecule has 1 aromatic carbocycles. The first-order valence-electron chi connectivity index (χ1n) is 9.24. The Morgan fingerprint density at radius 2 is 2.00 bits per heavy atom. The zero-order valence-electron chi connectivity index (χ0n) is 14.6. The average molecular weight is 339 g/mol. The van der Waals surface area contributed by atoms with Crippen molar-refractivity contribution in [2.75, 3.05) is 11.9 Å². The van der Waals surface area contributed by atoms with Crippen LogP contribution in [0, 0.1) is 24.7 Å². The number of amides is 1. The molecular formula is C20H25N3O2. The molecule has 2 N–H and O–H groups in total. The lowest BCUT2D eigenvalue weighted by Gasteiger charge is -2.07. The number of benzene rings is 1. The second kappa shape index (κ2) is 6.64. The van der Waals surface area contributed by atoms with Crippen molar-refractivity contribution < 1.29 is 9.90 Å². The van der Waals surface area contributed by atoms with E-state index in [0.717, 1.165) is 16.8 Å². The summed E-state index contributed by atoms with van der Waals surface area (Å²) in [7, 11) is 0. The molecule has 2 saturated carbocycles. The number of carbonyl (C=O) groups excluding carboxylic acids is 1. The predicted molar refractivity (Wildman–Crippen MR) is 97.1 cm³/mol. The number of aliphatic hydroxyl groups is 1. The van der Waals surface area contributed by atoms with Gasteiger partial charge in [-0.1, -0.05) is 37.1 Å². The number of nitrogens with one attached hydrogen (secondary N) is 1. The van der Waals surface area contributed by atoms with E-state index in [1.54, 1.807) is 4.68 Å². The van der Waals surface area contributed by atoms with Gasteiger partial charge in [0.25, 0.3) is 0 Å². The second-order valence-electron chi connectivity index (χ2n) is 7.30. The van der Waals surface area contributed by atoms with Gasteiger partial charge in [0.15, 0.2) is 0 Å². The van der Waals surface area contributed by atoms with E-state index >= 15 is 0 Å². The van der Waals surface area contributed by atoms with Gasteiger partial charge in [0.1, 0.15) is 5.82 Å². The van der Waals surface area contributed by atoms with Gasteiger partial charge < -0.3 is 10.4 Å². The molecule has 2 aliphatic carbocycles. The molecule has 2 fully saturated rings. The van der Waals surface area contributed by atoms with Gasteiger partial charge in [-0.25, -0.2) is 4.68 Å². The smallest absolute Gasteiger partial charge is 0.229 e. The molecule has 0 bridgehead atoms. The molecule has 0 radical (unpaired) electrons. The van der Waals surface area contributed by atoms with E-state index in [4.69, 9.17) is 0 Å². The number of hydrogen-bond donors (Lipinski definition) is 2. The number of hydrogen-bond acceptors (Lipinski definition) is 3. The summed E-state index contributed by atoms with van der Waals surface area (Å²) in [6.45, 7) is 2.42. The van der Waals surface area contributed by atoms with Gasteiger partial charge in [-0.2, -0.15) is 5.10 Å². The lowest BCUT2D eigenvalue weighted by molar-refractivity contribution is -0.117. The summed E-state index contributed by atoms with van der Waals surface area (Å²) in [6, 6.07) is 9.99. The number of anilines is 1. The molecule has 25 heavy (non-hydrogen) atoms. The third kappa shape index (κ3) is 3.09. The summed E-state index contributed by atoms with van der Waals surface area (Å²) in [5, 5.41) is 17.0. The van der Waals surface area contributed by atoms with E-state index in [1.807, 2.05) is 37.3 Å². The predicted octanol–water partition coefficient (Wildman–Crippen LogP) is 3.23. The highest BCUT2D eigenvalue weighted by Gasteiger charge is 2.54. The van der Waals surface area contributed by atoms with E-state index in [-0.39, 0.29) is 18.4 Å². The van der Waals surface area contributed by atoms with Crippen LogP contribution in [0.5, 0.6) is 0 Å². The Hall–Kier alpha value is -2.14. The van der Waals surface area contributed by atoms with Crippen LogP contribution in [0.3, 0.4) is 0 Å². The van der Waals surface area contributed by atoms with Crippen molar-refractivity contribution >= 4 is 11.7 Å². The van der Waals surface area contributed by atoms with Gasteiger partial charge in [-0.3, -0.25) is 4.79 Å². The number of aromatic nitrogens is 2. The fourth-order valence-corrected chi connectivity index (χ4v) is 4.37. The molecule has 1 heterocycles. The quantitative estimate of drug-likeness (QED) is 0.879. The van der Waals surface area contributed by atoms with Gasteiger partial charge in [-0.15, -0.1) is 0 Å². The molecule has 4 rings (SSSR count). The molecule has 5 heteroatoms. The van der Waals surface area contributed by atoms with Gasteiger partial charge >= 0.3 is 0 Å². The van der Waals surface area contributed by atoms with Crippen LogP contribution in [-0.2, 0) is 11.3 Å². The number of aliphatic hydroxyl groups excluding tert-OH is 1. The van der Waals surface area contributed by atoms with Crippen molar-refractivity contribution in [3.63, 3.8) is 0 Å². The van der Waals surface area contributed by atoms with Gasteiger partial charge in [0.2, 0.25) is 5.91 Å². The Labute approximate surface area is 148 Å². The molecule has 0 unspecified atom stereocenters. The monoisotopic (exact) mass is 339 g/mol. The van der Waals surface area contributed by atoms with Crippen LogP contribution < -0.4 is 5.32 Å². The van der Waals surface area contributed by atoms with Crippen molar-refractivity contribution in [2.45, 2.75) is 39.2 Å². The summed E-state index contributed by atoms with van der Waals surface area (Å²) < 4.78 is 1.70. The Bertz CT molecular complexity index is 771. The normalized spacial score (nSPS) is 24.6. The molecule has 2 aromatic rings. The fourth-order valence-electron chi connectivity index (χ4n) is 4.37. The Morgan fingerprint density at radius 3 is 2.68 bits per heavy atom. The Kier molecular flexibility index (Phi) is 4.34. The largest absolute Gasteiger partial charge is 0.394 e. The maximum Gasteiger partial charge on any atom is 0.229 e. The molecule has 0 aliphatic heterocycles. The van der Waals surface area contributed by atoms with E-state index in [9.17, 15) is 9.90 Å².